The van der Waals surface area contributed by atoms with Crippen molar-refractivity contribution in [3.05, 3.63) is 175 Å². The second-order valence-corrected chi connectivity index (χ2v) is 11.0. The van der Waals surface area contributed by atoms with Gasteiger partial charge < -0.3 is 9.80 Å². The minimum absolute atomic E-state index is 0.425. The van der Waals surface area contributed by atoms with Crippen LogP contribution in [-0.4, -0.2) is 7.05 Å². The number of nitrogens with zero attached hydrogens (tertiary/aromatic N) is 3. The normalized spacial score (nSPS) is 10.9. The molecule has 0 N–H and O–H groups in total. The third kappa shape index (κ3) is 5.82. The largest absolute Gasteiger partial charge is 0.345 e. The predicted octanol–water partition coefficient (Wildman–Crippen LogP) is 11.8. The summed E-state index contributed by atoms with van der Waals surface area (Å²) in [6.07, 6.45) is 0. The van der Waals surface area contributed by atoms with E-state index in [0.717, 1.165) is 39.6 Å². The molecule has 0 saturated carbocycles. The minimum atomic E-state index is 0.425. The van der Waals surface area contributed by atoms with Gasteiger partial charge in [-0.2, -0.15) is 0 Å². The molecule has 7 aromatic rings. The molecule has 7 rings (SSSR count). The molecule has 0 bridgehead atoms. The average Bonchev–Trinajstić information content (AvgIpc) is 3.12. The lowest BCUT2D eigenvalue weighted by Crippen LogP contribution is -2.10. The molecule has 0 aliphatic heterocycles. The Morgan fingerprint density at radius 1 is 0.400 bits per heavy atom. The highest BCUT2D eigenvalue weighted by Gasteiger charge is 2.15. The topological polar surface area (TPSA) is 35.9 Å². The Morgan fingerprint density at radius 2 is 0.911 bits per heavy atom. The van der Waals surface area contributed by atoms with Crippen LogP contribution in [0.15, 0.2) is 175 Å². The Labute approximate surface area is 263 Å². The zero-order chi connectivity index (χ0) is 30.6. The molecular weight excluding hydrogens is 550 g/mol. The van der Waals surface area contributed by atoms with Crippen LogP contribution < -0.4 is 9.80 Å². The lowest BCUT2D eigenvalue weighted by molar-refractivity contribution is 1.21. The Bertz CT molecular complexity index is 2070. The van der Waals surface area contributed by atoms with E-state index in [0.29, 0.717) is 5.69 Å². The Kier molecular flexibility index (Phi) is 7.61. The molecule has 4 nitrogen and oxygen atoms in total. The third-order valence-corrected chi connectivity index (χ3v) is 8.26. The lowest BCUT2D eigenvalue weighted by atomic mass is 10.0. The van der Waals surface area contributed by atoms with Crippen molar-refractivity contribution in [2.45, 2.75) is 0 Å². The van der Waals surface area contributed by atoms with E-state index in [1.807, 2.05) is 19.2 Å². The van der Waals surface area contributed by atoms with Gasteiger partial charge in [-0.1, -0.05) is 97.1 Å². The van der Waals surface area contributed by atoms with E-state index in [1.54, 1.807) is 12.1 Å². The second kappa shape index (κ2) is 12.3. The number of hydrogen-bond donors (Lipinski definition) is 0. The van der Waals surface area contributed by atoms with Gasteiger partial charge in [0.05, 0.1) is 0 Å². The van der Waals surface area contributed by atoms with E-state index < -0.39 is 0 Å². The van der Waals surface area contributed by atoms with E-state index >= 15 is 0 Å². The third-order valence-electron chi connectivity index (χ3n) is 8.26. The predicted molar refractivity (Wildman–Crippen MR) is 189 cm³/mol. The fourth-order valence-electron chi connectivity index (χ4n) is 5.78. The maximum absolute atomic E-state index is 10.8. The van der Waals surface area contributed by atoms with E-state index in [1.165, 1.54) is 21.9 Å². The first kappa shape index (κ1) is 27.8. The summed E-state index contributed by atoms with van der Waals surface area (Å²) in [5, 5.41) is 5.42. The van der Waals surface area contributed by atoms with Crippen molar-refractivity contribution in [2.24, 2.45) is 5.18 Å². The number of fused-ring (bicyclic) bond motifs is 1. The van der Waals surface area contributed by atoms with Crippen molar-refractivity contribution in [1.29, 1.82) is 0 Å². The highest BCUT2D eigenvalue weighted by Crippen LogP contribution is 2.39. The number of benzene rings is 7. The van der Waals surface area contributed by atoms with Gasteiger partial charge in [-0.25, -0.2) is 0 Å². The summed E-state index contributed by atoms with van der Waals surface area (Å²) < 4.78 is 0. The van der Waals surface area contributed by atoms with Gasteiger partial charge in [0.1, 0.15) is 5.69 Å². The molecule has 45 heavy (non-hydrogen) atoms. The van der Waals surface area contributed by atoms with Gasteiger partial charge in [-0.3, -0.25) is 0 Å². The number of anilines is 5. The number of hydrogen-bond acceptors (Lipinski definition) is 4. The molecule has 0 atom stereocenters. The Balaban J connectivity index is 1.22. The summed E-state index contributed by atoms with van der Waals surface area (Å²) in [6, 6.07) is 58.9. The fraction of sp³-hybridized carbons (Fsp3) is 0.0244. The van der Waals surface area contributed by atoms with Crippen LogP contribution >= 0.6 is 0 Å². The molecule has 7 aromatic carbocycles. The summed E-state index contributed by atoms with van der Waals surface area (Å²) in [5.74, 6) is 0. The van der Waals surface area contributed by atoms with Crippen LogP contribution in [0, 0.1) is 4.91 Å². The molecule has 216 valence electrons. The first-order valence-electron chi connectivity index (χ1n) is 15.0. The minimum Gasteiger partial charge on any atom is -0.345 e. The van der Waals surface area contributed by atoms with Crippen molar-refractivity contribution in [3.8, 4) is 22.3 Å². The van der Waals surface area contributed by atoms with Gasteiger partial charge in [0.25, 0.3) is 0 Å². The zero-order valence-corrected chi connectivity index (χ0v) is 24.9. The molecule has 0 saturated heterocycles. The van der Waals surface area contributed by atoms with Gasteiger partial charge in [0.15, 0.2) is 0 Å². The lowest BCUT2D eigenvalue weighted by Gasteiger charge is -2.26. The SMILES string of the molecule is CN(c1ccc(N=O)cc1)c1ccc(-c2ccc(N(c3cccc(-c4ccccc4)c3)c3ccc4ccccc4c3)cc2)cc1. The summed E-state index contributed by atoms with van der Waals surface area (Å²) >= 11 is 0. The van der Waals surface area contributed by atoms with Crippen LogP contribution in [0.1, 0.15) is 0 Å². The molecule has 0 unspecified atom stereocenters. The first-order valence-corrected chi connectivity index (χ1v) is 15.0. The molecule has 0 fully saturated rings. The number of rotatable bonds is 8. The van der Waals surface area contributed by atoms with E-state index in [9.17, 15) is 4.91 Å². The van der Waals surface area contributed by atoms with Gasteiger partial charge in [-0.15, -0.1) is 4.91 Å². The summed E-state index contributed by atoms with van der Waals surface area (Å²) in [6.45, 7) is 0. The highest BCUT2D eigenvalue weighted by molar-refractivity contribution is 5.90. The summed E-state index contributed by atoms with van der Waals surface area (Å²) in [4.78, 5) is 15.2. The monoisotopic (exact) mass is 581 g/mol. The summed E-state index contributed by atoms with van der Waals surface area (Å²) in [5.41, 5.74) is 10.4. The van der Waals surface area contributed by atoms with Crippen LogP contribution in [-0.2, 0) is 0 Å². The Hall–Kier alpha value is -6.00. The molecule has 4 heteroatoms. The Morgan fingerprint density at radius 3 is 1.58 bits per heavy atom. The second-order valence-electron chi connectivity index (χ2n) is 11.0. The first-order chi connectivity index (χ1) is 22.2. The van der Waals surface area contributed by atoms with Crippen molar-refractivity contribution in [3.63, 3.8) is 0 Å². The van der Waals surface area contributed by atoms with Gasteiger partial charge >= 0.3 is 0 Å². The molecule has 0 radical (unpaired) electrons. The fourth-order valence-corrected chi connectivity index (χ4v) is 5.78. The standard InChI is InChI=1S/C41H31N3O/c1-43(38-26-19-36(42-45)20-27-38)37-21-14-32(15-22-37)33-16-23-39(24-17-33)44(41-25-18-31-10-5-6-11-34(31)29-41)40-13-7-12-35(28-40)30-8-3-2-4-9-30/h2-29H,1H3. The van der Waals surface area contributed by atoms with Crippen LogP contribution in [0.2, 0.25) is 0 Å². The zero-order valence-electron chi connectivity index (χ0n) is 24.9. The number of nitroso groups, excluding NO2 is 1. The van der Waals surface area contributed by atoms with Crippen molar-refractivity contribution < 1.29 is 0 Å². The molecule has 0 amide bonds. The highest BCUT2D eigenvalue weighted by atomic mass is 16.3. The smallest absolute Gasteiger partial charge is 0.108 e. The molecule has 0 heterocycles. The van der Waals surface area contributed by atoms with E-state index in [4.69, 9.17) is 0 Å². The van der Waals surface area contributed by atoms with Gasteiger partial charge in [0, 0.05) is 35.5 Å². The van der Waals surface area contributed by atoms with Crippen LogP contribution in [0.25, 0.3) is 33.0 Å². The van der Waals surface area contributed by atoms with Gasteiger partial charge in [-0.05, 0) is 111 Å². The van der Waals surface area contributed by atoms with Crippen molar-refractivity contribution in [2.75, 3.05) is 16.8 Å². The maximum atomic E-state index is 10.8. The van der Waals surface area contributed by atoms with Gasteiger partial charge in [0.2, 0.25) is 0 Å². The molecule has 0 spiro atoms. The summed E-state index contributed by atoms with van der Waals surface area (Å²) in [7, 11) is 2.02. The van der Waals surface area contributed by atoms with Crippen LogP contribution in [0.4, 0.5) is 34.1 Å². The van der Waals surface area contributed by atoms with Crippen LogP contribution in [0.5, 0.6) is 0 Å². The maximum Gasteiger partial charge on any atom is 0.108 e. The molecule has 0 aliphatic carbocycles. The van der Waals surface area contributed by atoms with E-state index in [2.05, 4.69) is 161 Å². The quantitative estimate of drug-likeness (QED) is 0.167. The molecule has 0 aromatic heterocycles. The van der Waals surface area contributed by atoms with Crippen molar-refractivity contribution in [1.82, 2.24) is 0 Å². The van der Waals surface area contributed by atoms with Crippen molar-refractivity contribution >= 4 is 44.9 Å². The van der Waals surface area contributed by atoms with Crippen LogP contribution in [0.3, 0.4) is 0 Å². The molecule has 0 aliphatic rings. The van der Waals surface area contributed by atoms with E-state index in [-0.39, 0.29) is 0 Å². The molecular formula is C41H31N3O. The average molecular weight is 582 g/mol.